The van der Waals surface area contributed by atoms with E-state index in [0.29, 0.717) is 5.75 Å². The number of hydrogen-bond acceptors (Lipinski definition) is 2. The Morgan fingerprint density at radius 2 is 1.88 bits per heavy atom. The topological polar surface area (TPSA) is 33.0 Å². The average Bonchev–Trinajstić information content (AvgIpc) is 2.17. The summed E-state index contributed by atoms with van der Waals surface area (Å²) in [7, 11) is 0. The molecule has 86 valence electrons. The maximum absolute atomic E-state index is 13.3. The highest BCUT2D eigenvalue weighted by molar-refractivity contribution is 5.30. The smallest absolute Gasteiger partial charge is 0.286 e. The first-order valence-electron chi connectivity index (χ1n) is 4.97. The number of nitriles is 1. The molecule has 0 bridgehead atoms. The average molecular weight is 225 g/mol. The first kappa shape index (κ1) is 12.4. The molecule has 0 heterocycles. The zero-order valence-electron chi connectivity index (χ0n) is 9.21. The van der Waals surface area contributed by atoms with Crippen LogP contribution in [0.3, 0.4) is 0 Å². The van der Waals surface area contributed by atoms with E-state index >= 15 is 0 Å². The first-order chi connectivity index (χ1) is 7.45. The summed E-state index contributed by atoms with van der Waals surface area (Å²) < 4.78 is 31.9. The Morgan fingerprint density at radius 1 is 1.31 bits per heavy atom. The van der Waals surface area contributed by atoms with E-state index in [1.165, 1.54) is 30.3 Å². The standard InChI is InChI=1S/C12H13F2NO/c1-9(2)16-11-5-3-10(4-6-11)12(13,14)7-8-15/h3-6,9H,7H2,1-2H3. The molecule has 1 aromatic rings. The molecule has 0 aromatic heterocycles. The third kappa shape index (κ3) is 3.20. The van der Waals surface area contributed by atoms with Crippen molar-refractivity contribution < 1.29 is 13.5 Å². The summed E-state index contributed by atoms with van der Waals surface area (Å²) in [5, 5.41) is 8.28. The molecule has 0 aliphatic carbocycles. The Morgan fingerprint density at radius 3 is 2.31 bits per heavy atom. The minimum absolute atomic E-state index is 0.00506. The van der Waals surface area contributed by atoms with Crippen LogP contribution < -0.4 is 4.74 Å². The molecule has 0 spiro atoms. The van der Waals surface area contributed by atoms with Crippen molar-refractivity contribution in [1.82, 2.24) is 0 Å². The SMILES string of the molecule is CC(C)Oc1ccc(C(F)(F)CC#N)cc1. The van der Waals surface area contributed by atoms with Crippen LogP contribution in [0.15, 0.2) is 24.3 Å². The van der Waals surface area contributed by atoms with Gasteiger partial charge in [-0.25, -0.2) is 8.78 Å². The van der Waals surface area contributed by atoms with E-state index in [2.05, 4.69) is 0 Å². The molecule has 0 saturated carbocycles. The predicted octanol–water partition coefficient (Wildman–Crippen LogP) is 3.48. The third-order valence-corrected chi connectivity index (χ3v) is 1.95. The quantitative estimate of drug-likeness (QED) is 0.785. The summed E-state index contributed by atoms with van der Waals surface area (Å²) in [6, 6.07) is 7.02. The van der Waals surface area contributed by atoms with Crippen molar-refractivity contribution in [2.45, 2.75) is 32.3 Å². The summed E-state index contributed by atoms with van der Waals surface area (Å²) >= 11 is 0. The Bertz CT molecular complexity index is 379. The number of hydrogen-bond donors (Lipinski definition) is 0. The number of halogens is 2. The van der Waals surface area contributed by atoms with E-state index in [-0.39, 0.29) is 11.7 Å². The maximum atomic E-state index is 13.3. The largest absolute Gasteiger partial charge is 0.491 e. The third-order valence-electron chi connectivity index (χ3n) is 1.95. The maximum Gasteiger partial charge on any atom is 0.286 e. The molecule has 0 N–H and O–H groups in total. The molecular weight excluding hydrogens is 212 g/mol. The highest BCUT2D eigenvalue weighted by atomic mass is 19.3. The monoisotopic (exact) mass is 225 g/mol. The molecule has 1 rings (SSSR count). The van der Waals surface area contributed by atoms with Gasteiger partial charge in [0.2, 0.25) is 0 Å². The van der Waals surface area contributed by atoms with Gasteiger partial charge < -0.3 is 4.74 Å². The summed E-state index contributed by atoms with van der Waals surface area (Å²) in [6.45, 7) is 3.72. The van der Waals surface area contributed by atoms with Gasteiger partial charge in [-0.1, -0.05) is 0 Å². The summed E-state index contributed by atoms with van der Waals surface area (Å²) in [6.07, 6.45) is -0.803. The normalized spacial score (nSPS) is 11.2. The van der Waals surface area contributed by atoms with Crippen molar-refractivity contribution in [2.24, 2.45) is 0 Å². The van der Waals surface area contributed by atoms with E-state index < -0.39 is 12.3 Å². The molecule has 1 aromatic carbocycles. The predicted molar refractivity (Wildman–Crippen MR) is 56.3 cm³/mol. The molecular formula is C12H13F2NO. The number of benzene rings is 1. The van der Waals surface area contributed by atoms with Gasteiger partial charge in [0.25, 0.3) is 5.92 Å². The van der Waals surface area contributed by atoms with Crippen molar-refractivity contribution in [1.29, 1.82) is 5.26 Å². The zero-order chi connectivity index (χ0) is 12.2. The van der Waals surface area contributed by atoms with Crippen LogP contribution in [0.2, 0.25) is 0 Å². The summed E-state index contributed by atoms with van der Waals surface area (Å²) in [5.41, 5.74) is -0.162. The van der Waals surface area contributed by atoms with Gasteiger partial charge in [0.1, 0.15) is 12.2 Å². The van der Waals surface area contributed by atoms with Crippen LogP contribution in [0.4, 0.5) is 8.78 Å². The molecule has 0 saturated heterocycles. The van der Waals surface area contributed by atoms with E-state index in [1.807, 2.05) is 13.8 Å². The van der Waals surface area contributed by atoms with Gasteiger partial charge in [0.15, 0.2) is 0 Å². The van der Waals surface area contributed by atoms with Crippen LogP contribution >= 0.6 is 0 Å². The minimum atomic E-state index is -3.09. The van der Waals surface area contributed by atoms with Crippen LogP contribution in [0.1, 0.15) is 25.8 Å². The van der Waals surface area contributed by atoms with E-state index in [4.69, 9.17) is 10.00 Å². The van der Waals surface area contributed by atoms with Crippen LogP contribution in [-0.2, 0) is 5.92 Å². The second kappa shape index (κ2) is 4.93. The lowest BCUT2D eigenvalue weighted by atomic mass is 10.1. The van der Waals surface area contributed by atoms with Crippen LogP contribution in [0.5, 0.6) is 5.75 Å². The lowest BCUT2D eigenvalue weighted by Gasteiger charge is -2.14. The molecule has 0 aliphatic heterocycles. The Labute approximate surface area is 93.5 Å². The molecule has 4 heteroatoms. The second-order valence-electron chi connectivity index (χ2n) is 3.73. The van der Waals surface area contributed by atoms with Crippen molar-refractivity contribution >= 4 is 0 Å². The molecule has 2 nitrogen and oxygen atoms in total. The Hall–Kier alpha value is -1.63. The molecule has 0 atom stereocenters. The fourth-order valence-electron chi connectivity index (χ4n) is 1.25. The highest BCUT2D eigenvalue weighted by Crippen LogP contribution is 2.32. The molecule has 0 radical (unpaired) electrons. The summed E-state index contributed by atoms with van der Waals surface area (Å²) in [4.78, 5) is 0. The van der Waals surface area contributed by atoms with E-state index in [9.17, 15) is 8.78 Å². The van der Waals surface area contributed by atoms with Crippen LogP contribution in [-0.4, -0.2) is 6.10 Å². The minimum Gasteiger partial charge on any atom is -0.491 e. The molecule has 0 amide bonds. The Kier molecular flexibility index (Phi) is 3.83. The fourth-order valence-corrected chi connectivity index (χ4v) is 1.25. The number of rotatable bonds is 4. The number of nitrogens with zero attached hydrogens (tertiary/aromatic N) is 1. The summed E-state index contributed by atoms with van der Waals surface area (Å²) in [5.74, 6) is -2.54. The van der Waals surface area contributed by atoms with Gasteiger partial charge in [-0.3, -0.25) is 0 Å². The van der Waals surface area contributed by atoms with Crippen LogP contribution in [0, 0.1) is 11.3 Å². The van der Waals surface area contributed by atoms with Crippen molar-refractivity contribution in [3.8, 4) is 11.8 Å². The van der Waals surface area contributed by atoms with Gasteiger partial charge >= 0.3 is 0 Å². The lowest BCUT2D eigenvalue weighted by molar-refractivity contribution is 0.000901. The second-order valence-corrected chi connectivity index (χ2v) is 3.73. The van der Waals surface area contributed by atoms with E-state index in [0.717, 1.165) is 0 Å². The molecule has 16 heavy (non-hydrogen) atoms. The Balaban J connectivity index is 2.83. The molecule has 0 aliphatic rings. The van der Waals surface area contributed by atoms with E-state index in [1.54, 1.807) is 0 Å². The van der Waals surface area contributed by atoms with Gasteiger partial charge in [-0.2, -0.15) is 5.26 Å². The van der Waals surface area contributed by atoms with Crippen molar-refractivity contribution in [3.63, 3.8) is 0 Å². The number of alkyl halides is 2. The lowest BCUT2D eigenvalue weighted by Crippen LogP contribution is -2.12. The highest BCUT2D eigenvalue weighted by Gasteiger charge is 2.31. The molecule has 0 unspecified atom stereocenters. The zero-order valence-corrected chi connectivity index (χ0v) is 9.21. The van der Waals surface area contributed by atoms with Crippen molar-refractivity contribution in [3.05, 3.63) is 29.8 Å². The number of ether oxygens (including phenoxy) is 1. The van der Waals surface area contributed by atoms with Gasteiger partial charge in [-0.15, -0.1) is 0 Å². The van der Waals surface area contributed by atoms with Gasteiger partial charge in [0.05, 0.1) is 12.2 Å². The first-order valence-corrected chi connectivity index (χ1v) is 4.97. The van der Waals surface area contributed by atoms with Crippen LogP contribution in [0.25, 0.3) is 0 Å². The molecule has 0 fully saturated rings. The van der Waals surface area contributed by atoms with Gasteiger partial charge in [-0.05, 0) is 38.1 Å². The fraction of sp³-hybridized carbons (Fsp3) is 0.417. The van der Waals surface area contributed by atoms with Crippen molar-refractivity contribution in [2.75, 3.05) is 0 Å². The van der Waals surface area contributed by atoms with Gasteiger partial charge in [0, 0.05) is 5.56 Å².